The van der Waals surface area contributed by atoms with Crippen LogP contribution in [0.5, 0.6) is 0 Å². The molecule has 11 fully saturated rings. The summed E-state index contributed by atoms with van der Waals surface area (Å²) in [5.41, 5.74) is 3.72. The smallest absolute Gasteiger partial charge is 0.0117 e. The van der Waals surface area contributed by atoms with Gasteiger partial charge in [-0.1, -0.05) is 60.4 Å². The zero-order valence-corrected chi connectivity index (χ0v) is 28.5. The first-order chi connectivity index (χ1) is 22.8. The molecule has 0 heteroatoms. The van der Waals surface area contributed by atoms with E-state index in [0.717, 1.165) is 94.7 Å². The molecule has 16 atom stereocenters. The molecule has 46 heavy (non-hydrogen) atoms. The van der Waals surface area contributed by atoms with Gasteiger partial charge in [-0.2, -0.15) is 0 Å². The van der Waals surface area contributed by atoms with Gasteiger partial charge in [-0.25, -0.2) is 0 Å². The lowest BCUT2D eigenvalue weighted by Crippen LogP contribution is -2.59. The van der Waals surface area contributed by atoms with Gasteiger partial charge in [-0.05, 0) is 208 Å². The van der Waals surface area contributed by atoms with E-state index >= 15 is 0 Å². The predicted octanol–water partition coefficient (Wildman–Crippen LogP) is 10.9. The number of hydrogen-bond acceptors (Lipinski definition) is 0. The Balaban J connectivity index is 0.809. The molecule has 13 aliphatic carbocycles. The third kappa shape index (κ3) is 3.19. The standard InChI is InChI=1S/C46H60/c1-2-8-27-26(7-1)30-11-13-32-34-15-17-36-40-21-24-19-38-28-9-3-5-23-6-4-10-29(42(23)28)39(38)20-25(24)22-41(40)37-18-16-35(45(34)46(36)37)33-14-12-31(27)43(30)44(32)33/h3-6,9-10,23-27,30-46H,1-2,7-8,11-22H2. The summed E-state index contributed by atoms with van der Waals surface area (Å²) in [5.74, 6) is 23.8. The summed E-state index contributed by atoms with van der Waals surface area (Å²) < 4.78 is 0. The molecule has 0 nitrogen and oxygen atoms in total. The number of fused-ring (bicyclic) bond motifs is 12. The van der Waals surface area contributed by atoms with Crippen molar-refractivity contribution >= 4 is 0 Å². The first-order valence-electron chi connectivity index (χ1n) is 21.6. The van der Waals surface area contributed by atoms with Gasteiger partial charge < -0.3 is 0 Å². The Morgan fingerprint density at radius 1 is 0.370 bits per heavy atom. The zero-order valence-electron chi connectivity index (χ0n) is 28.5. The topological polar surface area (TPSA) is 0 Å². The van der Waals surface area contributed by atoms with Crippen molar-refractivity contribution < 1.29 is 0 Å². The second kappa shape index (κ2) is 9.39. The number of rotatable bonds is 0. The molecule has 0 aromatic carbocycles. The predicted molar refractivity (Wildman–Crippen MR) is 185 cm³/mol. The van der Waals surface area contributed by atoms with Crippen LogP contribution in [-0.2, 0) is 0 Å². The van der Waals surface area contributed by atoms with Crippen molar-refractivity contribution in [2.24, 2.45) is 130 Å². The highest BCUT2D eigenvalue weighted by Crippen LogP contribution is 2.76. The Labute approximate surface area is 279 Å². The first kappa shape index (κ1) is 26.8. The van der Waals surface area contributed by atoms with Crippen molar-refractivity contribution in [1.82, 2.24) is 0 Å². The van der Waals surface area contributed by atoms with Crippen LogP contribution in [-0.4, -0.2) is 0 Å². The Hall–Kier alpha value is -1.04. The second-order valence-electron chi connectivity index (χ2n) is 20.7. The van der Waals surface area contributed by atoms with E-state index in [1.807, 2.05) is 11.1 Å². The quantitative estimate of drug-likeness (QED) is 0.255. The largest absolute Gasteiger partial charge is 0.0767 e. The van der Waals surface area contributed by atoms with Crippen molar-refractivity contribution in [3.05, 3.63) is 47.6 Å². The monoisotopic (exact) mass is 612 g/mol. The first-order valence-corrected chi connectivity index (χ1v) is 21.6. The van der Waals surface area contributed by atoms with Crippen molar-refractivity contribution in [1.29, 1.82) is 0 Å². The molecular formula is C46H60. The highest BCUT2D eigenvalue weighted by atomic mass is 14.7. The van der Waals surface area contributed by atoms with Crippen LogP contribution in [0.1, 0.15) is 103 Å². The molecule has 13 aliphatic rings. The zero-order chi connectivity index (χ0) is 29.4. The van der Waals surface area contributed by atoms with E-state index < -0.39 is 0 Å². The lowest BCUT2D eigenvalue weighted by atomic mass is 9.40. The van der Waals surface area contributed by atoms with Gasteiger partial charge in [0.2, 0.25) is 0 Å². The van der Waals surface area contributed by atoms with E-state index in [4.69, 9.17) is 0 Å². The average molecular weight is 613 g/mol. The van der Waals surface area contributed by atoms with Gasteiger partial charge in [0.15, 0.2) is 0 Å². The molecule has 0 aromatic rings. The maximum atomic E-state index is 2.59. The molecule has 0 heterocycles. The minimum atomic E-state index is 0.663. The normalized spacial score (nSPS) is 63.7. The summed E-state index contributed by atoms with van der Waals surface area (Å²) in [6, 6.07) is 0. The molecule has 0 bridgehead atoms. The van der Waals surface area contributed by atoms with Crippen molar-refractivity contribution in [3.63, 3.8) is 0 Å². The van der Waals surface area contributed by atoms with Crippen LogP contribution in [0, 0.1) is 130 Å². The fourth-order valence-corrected chi connectivity index (χ4v) is 20.0. The summed E-state index contributed by atoms with van der Waals surface area (Å²) >= 11 is 0. The molecule has 0 spiro atoms. The molecule has 0 N–H and O–H groups in total. The van der Waals surface area contributed by atoms with Gasteiger partial charge in [0.05, 0.1) is 0 Å². The van der Waals surface area contributed by atoms with Crippen LogP contribution < -0.4 is 0 Å². The molecule has 244 valence electrons. The molecule has 13 rings (SSSR count). The number of allylic oxidation sites excluding steroid dienone is 8. The summed E-state index contributed by atoms with van der Waals surface area (Å²) in [6.45, 7) is 0. The van der Waals surface area contributed by atoms with E-state index in [-0.39, 0.29) is 0 Å². The second-order valence-corrected chi connectivity index (χ2v) is 20.7. The highest BCUT2D eigenvalue weighted by Gasteiger charge is 2.69. The fraction of sp³-hybridized carbons (Fsp3) is 0.826. The van der Waals surface area contributed by atoms with Crippen LogP contribution in [0.25, 0.3) is 0 Å². The SMILES string of the molecule is C1=CC2C=CC=C3C4CC5CC6C(CC5CC4C(=C1)C32)C1CCC2C3CCC4C5CCCCC5C5CCC(C7CCC6C1C27)C3C45. The van der Waals surface area contributed by atoms with Gasteiger partial charge in [-0.3, -0.25) is 0 Å². The van der Waals surface area contributed by atoms with Gasteiger partial charge in [-0.15, -0.1) is 0 Å². The van der Waals surface area contributed by atoms with E-state index in [9.17, 15) is 0 Å². The van der Waals surface area contributed by atoms with E-state index in [0.29, 0.717) is 5.92 Å². The maximum Gasteiger partial charge on any atom is 0.0117 e. The molecule has 0 saturated heterocycles. The highest BCUT2D eigenvalue weighted by molar-refractivity contribution is 5.47. The number of hydrogen-bond donors (Lipinski definition) is 0. The Bertz CT molecular complexity index is 1340. The Kier molecular flexibility index (Phi) is 5.47. The van der Waals surface area contributed by atoms with Gasteiger partial charge in [0.25, 0.3) is 0 Å². The molecule has 0 aromatic heterocycles. The average Bonchev–Trinajstić information content (AvgIpc) is 3.72. The summed E-state index contributed by atoms with van der Waals surface area (Å²) in [6.07, 6.45) is 41.2. The van der Waals surface area contributed by atoms with E-state index in [2.05, 4.69) is 36.5 Å². The minimum Gasteiger partial charge on any atom is -0.0767 e. The van der Waals surface area contributed by atoms with Crippen LogP contribution in [0.2, 0.25) is 0 Å². The minimum absolute atomic E-state index is 0.663. The third-order valence-corrected chi connectivity index (χ3v) is 20.5. The van der Waals surface area contributed by atoms with Crippen LogP contribution in [0.4, 0.5) is 0 Å². The molecule has 0 radical (unpaired) electrons. The molecule has 11 saturated carbocycles. The molecule has 0 aliphatic heterocycles. The molecular weight excluding hydrogens is 553 g/mol. The summed E-state index contributed by atoms with van der Waals surface area (Å²) in [5, 5.41) is 0. The van der Waals surface area contributed by atoms with Crippen LogP contribution in [0.3, 0.4) is 0 Å². The van der Waals surface area contributed by atoms with Crippen LogP contribution >= 0.6 is 0 Å². The summed E-state index contributed by atoms with van der Waals surface area (Å²) in [7, 11) is 0. The van der Waals surface area contributed by atoms with E-state index in [1.165, 1.54) is 29.6 Å². The Morgan fingerprint density at radius 2 is 0.739 bits per heavy atom. The van der Waals surface area contributed by atoms with Crippen molar-refractivity contribution in [3.8, 4) is 0 Å². The third-order valence-electron chi connectivity index (χ3n) is 20.5. The molecule has 0 amide bonds. The Morgan fingerprint density at radius 3 is 1.15 bits per heavy atom. The van der Waals surface area contributed by atoms with Gasteiger partial charge in [0.1, 0.15) is 0 Å². The maximum absolute atomic E-state index is 2.59. The lowest BCUT2D eigenvalue weighted by Gasteiger charge is -2.65. The fourth-order valence-electron chi connectivity index (χ4n) is 20.0. The van der Waals surface area contributed by atoms with Crippen molar-refractivity contribution in [2.75, 3.05) is 0 Å². The van der Waals surface area contributed by atoms with Gasteiger partial charge >= 0.3 is 0 Å². The van der Waals surface area contributed by atoms with Gasteiger partial charge in [0, 0.05) is 11.8 Å². The lowest BCUT2D eigenvalue weighted by molar-refractivity contribution is -0.170. The summed E-state index contributed by atoms with van der Waals surface area (Å²) in [4.78, 5) is 0. The van der Waals surface area contributed by atoms with Crippen molar-refractivity contribution in [2.45, 2.75) is 103 Å². The van der Waals surface area contributed by atoms with Crippen LogP contribution in [0.15, 0.2) is 47.6 Å². The molecule has 16 unspecified atom stereocenters. The van der Waals surface area contributed by atoms with E-state index in [1.54, 1.807) is 103 Å².